The maximum Gasteiger partial charge on any atom is 0.219 e. The second-order valence-electron chi connectivity index (χ2n) is 4.78. The van der Waals surface area contributed by atoms with Crippen LogP contribution in [0.1, 0.15) is 31.4 Å². The molecule has 0 spiro atoms. The molecule has 1 atom stereocenters. The number of nitrogens with two attached hydrogens (primary N) is 1. The van der Waals surface area contributed by atoms with Crippen molar-refractivity contribution in [1.82, 2.24) is 5.32 Å². The Hall–Kier alpha value is -1.87. The quantitative estimate of drug-likeness (QED) is 0.835. The van der Waals surface area contributed by atoms with E-state index in [0.29, 0.717) is 6.42 Å². The number of fused-ring (bicyclic) bond motifs is 1. The molecule has 0 aliphatic rings. The Morgan fingerprint density at radius 2 is 1.95 bits per heavy atom. The van der Waals surface area contributed by atoms with Gasteiger partial charge in [0.1, 0.15) is 0 Å². The van der Waals surface area contributed by atoms with Crippen LogP contribution in [0.3, 0.4) is 0 Å². The summed E-state index contributed by atoms with van der Waals surface area (Å²) in [6.45, 7) is 2.99. The molecule has 0 aromatic heterocycles. The summed E-state index contributed by atoms with van der Waals surface area (Å²) in [5, 5.41) is 5.78. The predicted molar refractivity (Wildman–Crippen MR) is 78.8 cm³/mol. The zero-order chi connectivity index (χ0) is 13.7. The molecule has 0 saturated carbocycles. The molecule has 0 heterocycles. The number of primary amides is 1. The van der Waals surface area contributed by atoms with Gasteiger partial charge in [0.05, 0.1) is 0 Å². The second-order valence-corrected chi connectivity index (χ2v) is 4.78. The molecule has 2 aromatic rings. The summed E-state index contributed by atoms with van der Waals surface area (Å²) in [6, 6.07) is 14.5. The van der Waals surface area contributed by atoms with Gasteiger partial charge in [-0.3, -0.25) is 4.79 Å². The Balaban J connectivity index is 2.29. The van der Waals surface area contributed by atoms with Crippen LogP contribution in [-0.4, -0.2) is 12.5 Å². The molecular weight excluding hydrogens is 236 g/mol. The zero-order valence-electron chi connectivity index (χ0n) is 11.2. The number of carbonyl (C=O) groups is 1. The van der Waals surface area contributed by atoms with Gasteiger partial charge >= 0.3 is 0 Å². The standard InChI is InChI=1S/C16H20N2O/c1-2-9-18-15(11-16(17)19)14-8-7-12-5-3-4-6-13(12)10-14/h3-8,10,15,18H,2,9,11H2,1H3,(H2,17,19). The topological polar surface area (TPSA) is 55.1 Å². The molecule has 0 aliphatic heterocycles. The monoisotopic (exact) mass is 256 g/mol. The summed E-state index contributed by atoms with van der Waals surface area (Å²) in [5.74, 6) is -0.276. The molecule has 0 bridgehead atoms. The van der Waals surface area contributed by atoms with E-state index in [-0.39, 0.29) is 11.9 Å². The highest BCUT2D eigenvalue weighted by atomic mass is 16.1. The molecular formula is C16H20N2O. The van der Waals surface area contributed by atoms with Crippen molar-refractivity contribution in [2.75, 3.05) is 6.54 Å². The lowest BCUT2D eigenvalue weighted by Crippen LogP contribution is -2.27. The van der Waals surface area contributed by atoms with E-state index < -0.39 is 0 Å². The molecule has 0 saturated heterocycles. The van der Waals surface area contributed by atoms with Crippen molar-refractivity contribution in [1.29, 1.82) is 0 Å². The van der Waals surface area contributed by atoms with Crippen LogP contribution in [0, 0.1) is 0 Å². The molecule has 3 nitrogen and oxygen atoms in total. The maximum atomic E-state index is 11.2. The lowest BCUT2D eigenvalue weighted by atomic mass is 9.99. The van der Waals surface area contributed by atoms with Crippen LogP contribution in [0.2, 0.25) is 0 Å². The average Bonchev–Trinajstić information content (AvgIpc) is 2.42. The molecule has 3 heteroatoms. The third-order valence-corrected chi connectivity index (χ3v) is 3.22. The largest absolute Gasteiger partial charge is 0.370 e. The minimum Gasteiger partial charge on any atom is -0.370 e. The van der Waals surface area contributed by atoms with E-state index in [0.717, 1.165) is 18.5 Å². The fourth-order valence-corrected chi connectivity index (χ4v) is 2.25. The van der Waals surface area contributed by atoms with Crippen molar-refractivity contribution in [2.45, 2.75) is 25.8 Å². The van der Waals surface area contributed by atoms with Gasteiger partial charge in [-0.15, -0.1) is 0 Å². The van der Waals surface area contributed by atoms with Crippen LogP contribution in [0.25, 0.3) is 10.8 Å². The molecule has 3 N–H and O–H groups in total. The zero-order valence-corrected chi connectivity index (χ0v) is 11.2. The van der Waals surface area contributed by atoms with E-state index in [1.165, 1.54) is 10.8 Å². The molecule has 1 amide bonds. The van der Waals surface area contributed by atoms with Crippen molar-refractivity contribution < 1.29 is 4.79 Å². The molecule has 19 heavy (non-hydrogen) atoms. The van der Waals surface area contributed by atoms with Crippen molar-refractivity contribution in [3.8, 4) is 0 Å². The molecule has 2 rings (SSSR count). The molecule has 0 radical (unpaired) electrons. The van der Waals surface area contributed by atoms with Crippen LogP contribution >= 0.6 is 0 Å². The number of nitrogens with one attached hydrogen (secondary N) is 1. The highest BCUT2D eigenvalue weighted by Crippen LogP contribution is 2.22. The third kappa shape index (κ3) is 3.55. The summed E-state index contributed by atoms with van der Waals surface area (Å²) < 4.78 is 0. The molecule has 0 fully saturated rings. The third-order valence-electron chi connectivity index (χ3n) is 3.22. The number of hydrogen-bond donors (Lipinski definition) is 2. The lowest BCUT2D eigenvalue weighted by Gasteiger charge is -2.18. The Bertz CT molecular complexity index is 565. The average molecular weight is 256 g/mol. The summed E-state index contributed by atoms with van der Waals surface area (Å²) >= 11 is 0. The van der Waals surface area contributed by atoms with Crippen LogP contribution < -0.4 is 11.1 Å². The smallest absolute Gasteiger partial charge is 0.219 e. The summed E-state index contributed by atoms with van der Waals surface area (Å²) in [4.78, 5) is 11.2. The normalized spacial score (nSPS) is 12.5. The van der Waals surface area contributed by atoms with E-state index in [1.54, 1.807) is 0 Å². The summed E-state index contributed by atoms with van der Waals surface area (Å²) in [6.07, 6.45) is 1.36. The first-order valence-corrected chi connectivity index (χ1v) is 6.71. The van der Waals surface area contributed by atoms with E-state index >= 15 is 0 Å². The van der Waals surface area contributed by atoms with E-state index in [1.807, 2.05) is 12.1 Å². The summed E-state index contributed by atoms with van der Waals surface area (Å²) in [7, 11) is 0. The Morgan fingerprint density at radius 3 is 2.63 bits per heavy atom. The SMILES string of the molecule is CCCNC(CC(N)=O)c1ccc2ccccc2c1. The van der Waals surface area contributed by atoms with Crippen molar-refractivity contribution in [3.05, 3.63) is 48.0 Å². The fourth-order valence-electron chi connectivity index (χ4n) is 2.25. The first-order valence-electron chi connectivity index (χ1n) is 6.71. The number of rotatable bonds is 6. The van der Waals surface area contributed by atoms with Gasteiger partial charge in [0.15, 0.2) is 0 Å². The van der Waals surface area contributed by atoms with E-state index in [2.05, 4.69) is 42.6 Å². The fraction of sp³-hybridized carbons (Fsp3) is 0.312. The van der Waals surface area contributed by atoms with Crippen molar-refractivity contribution in [3.63, 3.8) is 0 Å². The molecule has 2 aromatic carbocycles. The Labute approximate surface area is 113 Å². The van der Waals surface area contributed by atoms with Crippen molar-refractivity contribution >= 4 is 16.7 Å². The minimum atomic E-state index is -0.276. The first kappa shape index (κ1) is 13.6. The summed E-state index contributed by atoms with van der Waals surface area (Å²) in [5.41, 5.74) is 6.45. The van der Waals surface area contributed by atoms with Gasteiger partial charge in [0.2, 0.25) is 5.91 Å². The predicted octanol–water partition coefficient (Wildman–Crippen LogP) is 2.76. The Kier molecular flexibility index (Phi) is 4.53. The highest BCUT2D eigenvalue weighted by Gasteiger charge is 2.13. The second kappa shape index (κ2) is 6.34. The van der Waals surface area contributed by atoms with Gasteiger partial charge in [-0.2, -0.15) is 0 Å². The number of carbonyl (C=O) groups excluding carboxylic acids is 1. The van der Waals surface area contributed by atoms with Gasteiger partial charge in [0.25, 0.3) is 0 Å². The number of amides is 1. The van der Waals surface area contributed by atoms with Crippen LogP contribution in [0.15, 0.2) is 42.5 Å². The number of benzene rings is 2. The molecule has 0 aliphatic carbocycles. The number of hydrogen-bond acceptors (Lipinski definition) is 2. The lowest BCUT2D eigenvalue weighted by molar-refractivity contribution is -0.118. The van der Waals surface area contributed by atoms with Gasteiger partial charge < -0.3 is 11.1 Å². The maximum absolute atomic E-state index is 11.2. The van der Waals surface area contributed by atoms with E-state index in [4.69, 9.17) is 5.73 Å². The minimum absolute atomic E-state index is 0.00190. The highest BCUT2D eigenvalue weighted by molar-refractivity contribution is 5.83. The van der Waals surface area contributed by atoms with Gasteiger partial charge in [0, 0.05) is 12.5 Å². The van der Waals surface area contributed by atoms with Crippen molar-refractivity contribution in [2.24, 2.45) is 5.73 Å². The van der Waals surface area contributed by atoms with Gasteiger partial charge in [-0.05, 0) is 35.4 Å². The van der Waals surface area contributed by atoms with E-state index in [9.17, 15) is 4.79 Å². The van der Waals surface area contributed by atoms with Gasteiger partial charge in [-0.25, -0.2) is 0 Å². The first-order chi connectivity index (χ1) is 9.20. The molecule has 100 valence electrons. The van der Waals surface area contributed by atoms with Crippen LogP contribution in [-0.2, 0) is 4.79 Å². The molecule has 1 unspecified atom stereocenters. The Morgan fingerprint density at radius 1 is 1.21 bits per heavy atom. The van der Waals surface area contributed by atoms with Gasteiger partial charge in [-0.1, -0.05) is 43.3 Å². The van der Waals surface area contributed by atoms with Crippen LogP contribution in [0.5, 0.6) is 0 Å². The van der Waals surface area contributed by atoms with Crippen LogP contribution in [0.4, 0.5) is 0 Å².